The molecule has 0 aromatic heterocycles. The standard InChI is InChI=1S/C4H7F2O/c1-3(7)4(2,5)6/h7H,1-2H3. The first-order valence-electron chi connectivity index (χ1n) is 1.85. The first-order valence-corrected chi connectivity index (χ1v) is 1.85. The Balaban J connectivity index is 3.54. The predicted molar refractivity (Wildman–Crippen MR) is 21.5 cm³/mol. The smallest absolute Gasteiger partial charge is 0.276 e. The Morgan fingerprint density at radius 1 is 1.57 bits per heavy atom. The lowest BCUT2D eigenvalue weighted by Crippen LogP contribution is -2.18. The Bertz CT molecular complexity index is 55.2. The van der Waals surface area contributed by atoms with Gasteiger partial charge in [-0.2, -0.15) is 0 Å². The molecule has 0 aromatic rings. The summed E-state index contributed by atoms with van der Waals surface area (Å²) in [6, 6.07) is 0. The molecular formula is C4H7F2O. The van der Waals surface area contributed by atoms with E-state index < -0.39 is 12.0 Å². The summed E-state index contributed by atoms with van der Waals surface area (Å²) in [6.07, 6.45) is -0.840. The van der Waals surface area contributed by atoms with E-state index in [1.807, 2.05) is 0 Å². The van der Waals surface area contributed by atoms with Crippen LogP contribution in [0, 0.1) is 6.10 Å². The highest BCUT2D eigenvalue weighted by molar-refractivity contribution is 4.82. The van der Waals surface area contributed by atoms with Crippen LogP contribution in [-0.4, -0.2) is 11.0 Å². The molecule has 7 heavy (non-hydrogen) atoms. The normalized spacial score (nSPS) is 12.9. The van der Waals surface area contributed by atoms with Gasteiger partial charge in [0.25, 0.3) is 5.92 Å². The number of rotatable bonds is 1. The van der Waals surface area contributed by atoms with Crippen LogP contribution < -0.4 is 0 Å². The fourth-order valence-electron chi connectivity index (χ4n) is 0. The minimum absolute atomic E-state index is 0.641. The van der Waals surface area contributed by atoms with Crippen molar-refractivity contribution in [2.24, 2.45) is 0 Å². The molecule has 0 aliphatic heterocycles. The molecule has 0 aromatic carbocycles. The van der Waals surface area contributed by atoms with Crippen LogP contribution in [0.2, 0.25) is 0 Å². The summed E-state index contributed by atoms with van der Waals surface area (Å²) in [5.41, 5.74) is 0. The van der Waals surface area contributed by atoms with E-state index in [1.54, 1.807) is 0 Å². The highest BCUT2D eigenvalue weighted by Crippen LogP contribution is 2.21. The Labute approximate surface area is 41.0 Å². The summed E-state index contributed by atoms with van der Waals surface area (Å²) < 4.78 is 23.1. The van der Waals surface area contributed by atoms with Crippen molar-refractivity contribution in [1.29, 1.82) is 0 Å². The third kappa shape index (κ3) is 2.51. The van der Waals surface area contributed by atoms with Crippen LogP contribution in [0.3, 0.4) is 0 Å². The van der Waals surface area contributed by atoms with Crippen molar-refractivity contribution in [3.05, 3.63) is 6.10 Å². The van der Waals surface area contributed by atoms with Crippen LogP contribution in [0.1, 0.15) is 13.8 Å². The van der Waals surface area contributed by atoms with Crippen molar-refractivity contribution in [3.8, 4) is 0 Å². The van der Waals surface area contributed by atoms with E-state index >= 15 is 0 Å². The van der Waals surface area contributed by atoms with E-state index in [2.05, 4.69) is 0 Å². The molecular weight excluding hydrogens is 102 g/mol. The molecule has 0 amide bonds. The van der Waals surface area contributed by atoms with Gasteiger partial charge in [0.15, 0.2) is 6.10 Å². The first-order chi connectivity index (χ1) is 2.94. The summed E-state index contributed by atoms with van der Waals surface area (Å²) in [5.74, 6) is -3.03. The number of halogens is 2. The largest absolute Gasteiger partial charge is 0.381 e. The molecule has 0 rings (SSSR count). The molecule has 0 unspecified atom stereocenters. The van der Waals surface area contributed by atoms with E-state index in [-0.39, 0.29) is 0 Å². The molecule has 0 spiro atoms. The van der Waals surface area contributed by atoms with Gasteiger partial charge in [-0.3, -0.25) is 0 Å². The Morgan fingerprint density at radius 3 is 1.71 bits per heavy atom. The average Bonchev–Trinajstić information content (AvgIpc) is 1.31. The van der Waals surface area contributed by atoms with E-state index in [4.69, 9.17) is 5.11 Å². The molecule has 0 aliphatic carbocycles. The minimum atomic E-state index is -3.03. The molecule has 0 aliphatic rings. The van der Waals surface area contributed by atoms with E-state index in [9.17, 15) is 8.78 Å². The van der Waals surface area contributed by atoms with Gasteiger partial charge in [-0.15, -0.1) is 0 Å². The van der Waals surface area contributed by atoms with Crippen LogP contribution in [0.15, 0.2) is 0 Å². The van der Waals surface area contributed by atoms with E-state index in [0.29, 0.717) is 6.92 Å². The first kappa shape index (κ1) is 6.82. The van der Waals surface area contributed by atoms with Crippen LogP contribution in [-0.2, 0) is 0 Å². The monoisotopic (exact) mass is 109 g/mol. The second-order valence-corrected chi connectivity index (χ2v) is 1.47. The van der Waals surface area contributed by atoms with E-state index in [1.165, 1.54) is 0 Å². The highest BCUT2D eigenvalue weighted by Gasteiger charge is 2.28. The fourth-order valence-corrected chi connectivity index (χ4v) is 0. The van der Waals surface area contributed by atoms with Gasteiger partial charge in [0.1, 0.15) is 0 Å². The quantitative estimate of drug-likeness (QED) is 0.541. The molecule has 1 nitrogen and oxygen atoms in total. The molecule has 3 heteroatoms. The number of hydrogen-bond donors (Lipinski definition) is 1. The molecule has 0 heterocycles. The van der Waals surface area contributed by atoms with Gasteiger partial charge in [-0.1, -0.05) is 0 Å². The lowest BCUT2D eigenvalue weighted by Gasteiger charge is -2.10. The second kappa shape index (κ2) is 1.74. The maximum atomic E-state index is 11.6. The van der Waals surface area contributed by atoms with Crippen LogP contribution in [0.25, 0.3) is 0 Å². The zero-order chi connectivity index (χ0) is 6.08. The van der Waals surface area contributed by atoms with Crippen molar-refractivity contribution >= 4 is 0 Å². The van der Waals surface area contributed by atoms with E-state index in [0.717, 1.165) is 6.92 Å². The summed E-state index contributed by atoms with van der Waals surface area (Å²) in [5, 5.41) is 8.06. The maximum Gasteiger partial charge on any atom is 0.276 e. The summed E-state index contributed by atoms with van der Waals surface area (Å²) in [6.45, 7) is 1.61. The Hall–Kier alpha value is -0.180. The molecule has 0 saturated heterocycles. The molecule has 0 saturated carbocycles. The molecule has 1 N–H and O–H groups in total. The predicted octanol–water partition coefficient (Wildman–Crippen LogP) is 1.57. The second-order valence-electron chi connectivity index (χ2n) is 1.47. The van der Waals surface area contributed by atoms with Crippen molar-refractivity contribution < 1.29 is 13.9 Å². The molecule has 43 valence electrons. The third-order valence-corrected chi connectivity index (χ3v) is 0.635. The fraction of sp³-hybridized carbons (Fsp3) is 0.750. The average molecular weight is 109 g/mol. The van der Waals surface area contributed by atoms with Gasteiger partial charge in [0, 0.05) is 6.92 Å². The number of aliphatic hydroxyl groups excluding tert-OH is 1. The van der Waals surface area contributed by atoms with Crippen molar-refractivity contribution in [3.63, 3.8) is 0 Å². The van der Waals surface area contributed by atoms with Crippen LogP contribution >= 0.6 is 0 Å². The number of alkyl halides is 2. The zero-order valence-electron chi connectivity index (χ0n) is 4.20. The minimum Gasteiger partial charge on any atom is -0.381 e. The lowest BCUT2D eigenvalue weighted by molar-refractivity contribution is -0.0226. The Morgan fingerprint density at radius 2 is 1.71 bits per heavy atom. The van der Waals surface area contributed by atoms with Gasteiger partial charge >= 0.3 is 0 Å². The summed E-state index contributed by atoms with van der Waals surface area (Å²) in [7, 11) is 0. The molecule has 0 bridgehead atoms. The van der Waals surface area contributed by atoms with Gasteiger partial charge in [0.2, 0.25) is 0 Å². The Kier molecular flexibility index (Phi) is 1.69. The summed E-state index contributed by atoms with van der Waals surface area (Å²) >= 11 is 0. The highest BCUT2D eigenvalue weighted by atomic mass is 19.3. The van der Waals surface area contributed by atoms with Gasteiger partial charge in [-0.25, -0.2) is 8.78 Å². The van der Waals surface area contributed by atoms with Gasteiger partial charge < -0.3 is 5.11 Å². The molecule has 0 atom stereocenters. The van der Waals surface area contributed by atoms with Crippen LogP contribution in [0.5, 0.6) is 0 Å². The van der Waals surface area contributed by atoms with Crippen molar-refractivity contribution in [2.45, 2.75) is 19.8 Å². The van der Waals surface area contributed by atoms with Crippen molar-refractivity contribution in [2.75, 3.05) is 0 Å². The third-order valence-electron chi connectivity index (χ3n) is 0.635. The van der Waals surface area contributed by atoms with Crippen LogP contribution in [0.4, 0.5) is 8.78 Å². The molecule has 1 radical (unpaired) electrons. The topological polar surface area (TPSA) is 20.2 Å². The SMILES string of the molecule is C[C](O)C(C)(F)F. The summed E-state index contributed by atoms with van der Waals surface area (Å²) in [4.78, 5) is 0. The van der Waals surface area contributed by atoms with Crippen molar-refractivity contribution in [1.82, 2.24) is 0 Å². The van der Waals surface area contributed by atoms with Gasteiger partial charge in [0.05, 0.1) is 0 Å². The lowest BCUT2D eigenvalue weighted by atomic mass is 10.2. The van der Waals surface area contributed by atoms with Gasteiger partial charge in [-0.05, 0) is 6.92 Å². The number of hydrogen-bond acceptors (Lipinski definition) is 1. The maximum absolute atomic E-state index is 11.6. The zero-order valence-corrected chi connectivity index (χ0v) is 4.20. The number of aliphatic hydroxyl groups is 1. The molecule has 0 fully saturated rings.